The van der Waals surface area contributed by atoms with E-state index in [1.54, 1.807) is 0 Å². The van der Waals surface area contributed by atoms with Gasteiger partial charge < -0.3 is 0 Å². The summed E-state index contributed by atoms with van der Waals surface area (Å²) in [7, 11) is 0. The van der Waals surface area contributed by atoms with Gasteiger partial charge in [0.2, 0.25) is 0 Å². The van der Waals surface area contributed by atoms with Gasteiger partial charge in [-0.25, -0.2) is 0 Å². The third kappa shape index (κ3) is 1.11. The van der Waals surface area contributed by atoms with Crippen LogP contribution in [0, 0.1) is 11.8 Å². The minimum absolute atomic E-state index is 0.145. The Morgan fingerprint density at radius 2 is 1.92 bits per heavy atom. The first kappa shape index (κ1) is 7.71. The highest BCUT2D eigenvalue weighted by Gasteiger charge is 2.36. The van der Waals surface area contributed by atoms with Crippen LogP contribution in [0.15, 0.2) is 12.2 Å². The first-order valence-electron chi connectivity index (χ1n) is 4.50. The molecule has 0 saturated heterocycles. The van der Waals surface area contributed by atoms with E-state index in [0.717, 1.165) is 12.8 Å². The van der Waals surface area contributed by atoms with Crippen molar-refractivity contribution in [1.82, 2.24) is 0 Å². The van der Waals surface area contributed by atoms with Crippen molar-refractivity contribution in [3.8, 4) is 0 Å². The molecule has 2 rings (SSSR count). The standard InChI is InChI=1S/C10H12O2/c11-9-6-5-7-3-1-2-4-8(9)10(7)12/h1-2,7-8H,3-6H2. The topological polar surface area (TPSA) is 34.1 Å². The number of hydrogen-bond acceptors (Lipinski definition) is 2. The van der Waals surface area contributed by atoms with E-state index in [0.29, 0.717) is 12.8 Å². The lowest BCUT2D eigenvalue weighted by Crippen LogP contribution is -2.33. The van der Waals surface area contributed by atoms with Crippen LogP contribution in [-0.2, 0) is 9.59 Å². The minimum atomic E-state index is -0.289. The maximum atomic E-state index is 11.6. The van der Waals surface area contributed by atoms with Gasteiger partial charge in [0.15, 0.2) is 0 Å². The Bertz CT molecular complexity index is 253. The van der Waals surface area contributed by atoms with Crippen LogP contribution in [0.25, 0.3) is 0 Å². The fraction of sp³-hybridized carbons (Fsp3) is 0.600. The number of carbonyl (C=O) groups is 2. The van der Waals surface area contributed by atoms with Crippen LogP contribution in [0.5, 0.6) is 0 Å². The summed E-state index contributed by atoms with van der Waals surface area (Å²) in [4.78, 5) is 22.9. The lowest BCUT2D eigenvalue weighted by Gasteiger charge is -2.23. The van der Waals surface area contributed by atoms with Gasteiger partial charge in [0, 0.05) is 12.3 Å². The molecule has 0 aliphatic heterocycles. The van der Waals surface area contributed by atoms with Gasteiger partial charge in [-0.1, -0.05) is 12.2 Å². The zero-order valence-corrected chi connectivity index (χ0v) is 6.95. The molecule has 1 fully saturated rings. The first-order valence-corrected chi connectivity index (χ1v) is 4.50. The van der Waals surface area contributed by atoms with E-state index in [1.807, 2.05) is 12.2 Å². The van der Waals surface area contributed by atoms with Crippen LogP contribution in [0.3, 0.4) is 0 Å². The molecule has 2 aliphatic rings. The number of carbonyl (C=O) groups excluding carboxylic acids is 2. The summed E-state index contributed by atoms with van der Waals surface area (Å²) in [5, 5.41) is 0. The van der Waals surface area contributed by atoms with Gasteiger partial charge in [-0.05, 0) is 19.3 Å². The van der Waals surface area contributed by atoms with E-state index in [2.05, 4.69) is 0 Å². The van der Waals surface area contributed by atoms with E-state index in [1.165, 1.54) is 0 Å². The maximum Gasteiger partial charge on any atom is 0.147 e. The smallest absolute Gasteiger partial charge is 0.147 e. The second kappa shape index (κ2) is 2.85. The Balaban J connectivity index is 2.27. The maximum absolute atomic E-state index is 11.6. The second-order valence-corrected chi connectivity index (χ2v) is 3.60. The van der Waals surface area contributed by atoms with Crippen molar-refractivity contribution in [2.45, 2.75) is 25.7 Å². The molecule has 0 aromatic heterocycles. The number of ketones is 2. The molecule has 2 unspecified atom stereocenters. The quantitative estimate of drug-likeness (QED) is 0.401. The molecule has 2 atom stereocenters. The van der Waals surface area contributed by atoms with E-state index >= 15 is 0 Å². The Kier molecular flexibility index (Phi) is 1.83. The molecule has 0 heterocycles. The fourth-order valence-electron chi connectivity index (χ4n) is 2.05. The second-order valence-electron chi connectivity index (χ2n) is 3.60. The van der Waals surface area contributed by atoms with Crippen LogP contribution in [0.2, 0.25) is 0 Å². The third-order valence-electron chi connectivity index (χ3n) is 2.83. The monoisotopic (exact) mass is 164 g/mol. The lowest BCUT2D eigenvalue weighted by molar-refractivity contribution is -0.138. The summed E-state index contributed by atoms with van der Waals surface area (Å²) in [6, 6.07) is 0. The van der Waals surface area contributed by atoms with Crippen LogP contribution in [0.4, 0.5) is 0 Å². The highest BCUT2D eigenvalue weighted by atomic mass is 16.2. The van der Waals surface area contributed by atoms with Crippen LogP contribution < -0.4 is 0 Å². The summed E-state index contributed by atoms with van der Waals surface area (Å²) >= 11 is 0. The van der Waals surface area contributed by atoms with Gasteiger partial charge in [-0.3, -0.25) is 9.59 Å². The molecule has 0 spiro atoms. The zero-order chi connectivity index (χ0) is 8.55. The summed E-state index contributed by atoms with van der Waals surface area (Å²) in [5.41, 5.74) is 0. The van der Waals surface area contributed by atoms with Gasteiger partial charge in [0.25, 0.3) is 0 Å². The number of rotatable bonds is 0. The van der Waals surface area contributed by atoms with Crippen molar-refractivity contribution in [3.05, 3.63) is 12.2 Å². The molecular weight excluding hydrogens is 152 g/mol. The fourth-order valence-corrected chi connectivity index (χ4v) is 2.05. The van der Waals surface area contributed by atoms with Crippen LogP contribution in [0.1, 0.15) is 25.7 Å². The van der Waals surface area contributed by atoms with Gasteiger partial charge in [-0.2, -0.15) is 0 Å². The lowest BCUT2D eigenvalue weighted by atomic mass is 9.78. The molecule has 2 heteroatoms. The molecule has 0 amide bonds. The number of hydrogen-bond donors (Lipinski definition) is 0. The molecule has 1 saturated carbocycles. The van der Waals surface area contributed by atoms with Crippen molar-refractivity contribution in [2.75, 3.05) is 0 Å². The molecule has 12 heavy (non-hydrogen) atoms. The van der Waals surface area contributed by atoms with Crippen LogP contribution >= 0.6 is 0 Å². The van der Waals surface area contributed by atoms with E-state index in [9.17, 15) is 9.59 Å². The van der Waals surface area contributed by atoms with E-state index in [-0.39, 0.29) is 23.4 Å². The summed E-state index contributed by atoms with van der Waals surface area (Å²) < 4.78 is 0. The van der Waals surface area contributed by atoms with E-state index < -0.39 is 0 Å². The Morgan fingerprint density at radius 1 is 1.17 bits per heavy atom. The molecule has 64 valence electrons. The SMILES string of the molecule is O=C1CCC2CC=CCC1C2=O. The highest BCUT2D eigenvalue weighted by Crippen LogP contribution is 2.30. The van der Waals surface area contributed by atoms with Gasteiger partial charge in [-0.15, -0.1) is 0 Å². The normalized spacial score (nSPS) is 35.0. The average molecular weight is 164 g/mol. The summed E-state index contributed by atoms with van der Waals surface area (Å²) in [6.45, 7) is 0. The van der Waals surface area contributed by atoms with Crippen molar-refractivity contribution in [2.24, 2.45) is 11.8 Å². The Morgan fingerprint density at radius 3 is 2.75 bits per heavy atom. The minimum Gasteiger partial charge on any atom is -0.299 e. The predicted molar refractivity (Wildman–Crippen MR) is 44.6 cm³/mol. The van der Waals surface area contributed by atoms with Gasteiger partial charge in [0.05, 0.1) is 5.92 Å². The molecule has 2 bridgehead atoms. The predicted octanol–water partition coefficient (Wildman–Crippen LogP) is 1.50. The van der Waals surface area contributed by atoms with Crippen molar-refractivity contribution in [1.29, 1.82) is 0 Å². The number of Topliss-reactive ketones (excluding diaryl/α,β-unsaturated/α-hetero) is 2. The first-order chi connectivity index (χ1) is 5.79. The van der Waals surface area contributed by atoms with Crippen molar-refractivity contribution in [3.63, 3.8) is 0 Å². The molecule has 2 aliphatic carbocycles. The molecule has 0 N–H and O–H groups in total. The summed E-state index contributed by atoms with van der Waals surface area (Å²) in [5.74, 6) is 0.202. The van der Waals surface area contributed by atoms with Crippen molar-refractivity contribution >= 4 is 11.6 Å². The van der Waals surface area contributed by atoms with E-state index in [4.69, 9.17) is 0 Å². The molecule has 0 aromatic carbocycles. The summed E-state index contributed by atoms with van der Waals surface area (Å²) in [6.07, 6.45) is 6.91. The van der Waals surface area contributed by atoms with Crippen LogP contribution in [-0.4, -0.2) is 11.6 Å². The average Bonchev–Trinajstić information content (AvgIpc) is 2.16. The Hall–Kier alpha value is -0.920. The zero-order valence-electron chi connectivity index (χ0n) is 6.95. The molecule has 0 aromatic rings. The Labute approximate surface area is 71.6 Å². The molecular formula is C10H12O2. The number of allylic oxidation sites excluding steroid dienone is 2. The number of fused-ring (bicyclic) bond motifs is 2. The van der Waals surface area contributed by atoms with Crippen molar-refractivity contribution < 1.29 is 9.59 Å². The van der Waals surface area contributed by atoms with Gasteiger partial charge in [0.1, 0.15) is 11.6 Å². The molecule has 0 radical (unpaired) electrons. The molecule has 2 nitrogen and oxygen atoms in total. The van der Waals surface area contributed by atoms with Gasteiger partial charge >= 0.3 is 0 Å². The largest absolute Gasteiger partial charge is 0.299 e. The third-order valence-corrected chi connectivity index (χ3v) is 2.83. The highest BCUT2D eigenvalue weighted by molar-refractivity contribution is 6.05.